The lowest BCUT2D eigenvalue weighted by Crippen LogP contribution is -2.02. The van der Waals surface area contributed by atoms with Crippen LogP contribution in [-0.2, 0) is 25.7 Å². The summed E-state index contributed by atoms with van der Waals surface area (Å²) in [5, 5.41) is 2.57. The predicted octanol–water partition coefficient (Wildman–Crippen LogP) is 6.44. The number of rotatable bonds is 9. The normalized spacial score (nSPS) is 10.8. The highest BCUT2D eigenvalue weighted by Gasteiger charge is 2.12. The smallest absolute Gasteiger partial charge is 0.161 e. The van der Waals surface area contributed by atoms with Gasteiger partial charge in [0.25, 0.3) is 0 Å². The van der Waals surface area contributed by atoms with Crippen molar-refractivity contribution in [2.75, 3.05) is 21.3 Å². The number of benzene rings is 4. The molecule has 3 nitrogen and oxygen atoms in total. The van der Waals surface area contributed by atoms with Crippen LogP contribution < -0.4 is 14.2 Å². The topological polar surface area (TPSA) is 27.7 Å². The number of aryl methyl sites for hydroxylation is 4. The van der Waals surface area contributed by atoms with Crippen molar-refractivity contribution in [3.63, 3.8) is 0 Å². The Balaban J connectivity index is 1.55. The molecule has 0 radical (unpaired) electrons. The van der Waals surface area contributed by atoms with Gasteiger partial charge in [0.1, 0.15) is 5.75 Å². The average molecular weight is 427 g/mol. The fraction of sp³-hybridized carbons (Fsp3) is 0.241. The van der Waals surface area contributed by atoms with E-state index < -0.39 is 0 Å². The van der Waals surface area contributed by atoms with Gasteiger partial charge in [0.15, 0.2) is 11.5 Å². The molecule has 4 aromatic rings. The zero-order valence-electron chi connectivity index (χ0n) is 19.1. The lowest BCUT2D eigenvalue weighted by Gasteiger charge is -2.16. The maximum atomic E-state index is 5.59. The monoisotopic (exact) mass is 426 g/mol. The molecule has 0 aliphatic heterocycles. The second-order valence-electron chi connectivity index (χ2n) is 8.01. The molecule has 0 N–H and O–H groups in total. The van der Waals surface area contributed by atoms with E-state index in [1.54, 1.807) is 21.3 Å². The van der Waals surface area contributed by atoms with E-state index in [9.17, 15) is 0 Å². The third-order valence-corrected chi connectivity index (χ3v) is 6.04. The SMILES string of the molecule is COc1ccc(CCc2cc(OC)c(OC)cc2CCc2ccc3ccccc3c2)cc1. The van der Waals surface area contributed by atoms with Crippen molar-refractivity contribution in [3.05, 3.63) is 101 Å². The molecule has 0 aliphatic rings. The van der Waals surface area contributed by atoms with Crippen LogP contribution in [0.25, 0.3) is 10.8 Å². The Morgan fingerprint density at radius 3 is 1.66 bits per heavy atom. The predicted molar refractivity (Wildman–Crippen MR) is 131 cm³/mol. The van der Waals surface area contributed by atoms with Gasteiger partial charge in [-0.15, -0.1) is 0 Å². The minimum absolute atomic E-state index is 0.784. The van der Waals surface area contributed by atoms with Crippen LogP contribution in [0.1, 0.15) is 22.3 Å². The molecule has 0 atom stereocenters. The molecule has 0 saturated heterocycles. The first kappa shape index (κ1) is 21.8. The second-order valence-corrected chi connectivity index (χ2v) is 8.01. The molecule has 0 fully saturated rings. The van der Waals surface area contributed by atoms with Crippen molar-refractivity contribution in [1.29, 1.82) is 0 Å². The van der Waals surface area contributed by atoms with Gasteiger partial charge in [-0.25, -0.2) is 0 Å². The van der Waals surface area contributed by atoms with Crippen LogP contribution >= 0.6 is 0 Å². The van der Waals surface area contributed by atoms with E-state index in [0.717, 1.165) is 42.9 Å². The first-order valence-electron chi connectivity index (χ1n) is 11.0. The summed E-state index contributed by atoms with van der Waals surface area (Å²) in [4.78, 5) is 0. The highest BCUT2D eigenvalue weighted by molar-refractivity contribution is 5.83. The number of methoxy groups -OCH3 is 3. The number of fused-ring (bicyclic) bond motifs is 1. The van der Waals surface area contributed by atoms with Gasteiger partial charge in [-0.3, -0.25) is 0 Å². The molecule has 0 aromatic heterocycles. The van der Waals surface area contributed by atoms with E-state index in [0.29, 0.717) is 0 Å². The molecular weight excluding hydrogens is 396 g/mol. The Bertz CT molecular complexity index is 1180. The molecule has 0 spiro atoms. The molecule has 0 bridgehead atoms. The summed E-state index contributed by atoms with van der Waals surface area (Å²) in [5.74, 6) is 2.46. The zero-order valence-corrected chi connectivity index (χ0v) is 19.1. The largest absolute Gasteiger partial charge is 0.497 e. The van der Waals surface area contributed by atoms with Crippen LogP contribution in [0.15, 0.2) is 78.9 Å². The highest BCUT2D eigenvalue weighted by atomic mass is 16.5. The Labute approximate surface area is 190 Å². The molecule has 4 rings (SSSR count). The maximum Gasteiger partial charge on any atom is 0.161 e. The first-order valence-corrected chi connectivity index (χ1v) is 11.0. The zero-order chi connectivity index (χ0) is 22.3. The van der Waals surface area contributed by atoms with E-state index >= 15 is 0 Å². The quantitative estimate of drug-likeness (QED) is 0.308. The van der Waals surface area contributed by atoms with Crippen molar-refractivity contribution in [3.8, 4) is 17.2 Å². The van der Waals surface area contributed by atoms with Crippen molar-refractivity contribution in [2.24, 2.45) is 0 Å². The fourth-order valence-corrected chi connectivity index (χ4v) is 4.17. The van der Waals surface area contributed by atoms with Crippen LogP contribution in [0.2, 0.25) is 0 Å². The van der Waals surface area contributed by atoms with Gasteiger partial charge in [-0.1, -0.05) is 54.6 Å². The van der Waals surface area contributed by atoms with Crippen molar-refractivity contribution in [2.45, 2.75) is 25.7 Å². The number of hydrogen-bond acceptors (Lipinski definition) is 3. The van der Waals surface area contributed by atoms with Crippen molar-refractivity contribution in [1.82, 2.24) is 0 Å². The molecular formula is C29H30O3. The van der Waals surface area contributed by atoms with Gasteiger partial charge < -0.3 is 14.2 Å². The summed E-state index contributed by atoms with van der Waals surface area (Å²) in [7, 11) is 5.09. The molecule has 164 valence electrons. The molecule has 0 aliphatic carbocycles. The third-order valence-electron chi connectivity index (χ3n) is 6.04. The van der Waals surface area contributed by atoms with Gasteiger partial charge in [0, 0.05) is 0 Å². The summed E-state index contributed by atoms with van der Waals surface area (Å²) >= 11 is 0. The summed E-state index contributed by atoms with van der Waals surface area (Å²) < 4.78 is 16.5. The molecule has 0 saturated carbocycles. The van der Waals surface area contributed by atoms with E-state index in [2.05, 4.69) is 66.7 Å². The van der Waals surface area contributed by atoms with Crippen LogP contribution in [0, 0.1) is 0 Å². The average Bonchev–Trinajstić information content (AvgIpc) is 2.86. The van der Waals surface area contributed by atoms with Gasteiger partial charge in [-0.2, -0.15) is 0 Å². The van der Waals surface area contributed by atoms with E-state index in [1.165, 1.54) is 33.0 Å². The van der Waals surface area contributed by atoms with Gasteiger partial charge in [-0.05, 0) is 83.0 Å². The summed E-state index contributed by atoms with van der Waals surface area (Å²) in [6, 6.07) is 27.8. The fourth-order valence-electron chi connectivity index (χ4n) is 4.17. The van der Waals surface area contributed by atoms with E-state index in [4.69, 9.17) is 14.2 Å². The molecule has 32 heavy (non-hydrogen) atoms. The lowest BCUT2D eigenvalue weighted by molar-refractivity contribution is 0.354. The maximum absolute atomic E-state index is 5.59. The first-order chi connectivity index (χ1) is 15.7. The summed E-state index contributed by atoms with van der Waals surface area (Å²) in [5.41, 5.74) is 5.25. The Hall–Kier alpha value is -3.46. The van der Waals surface area contributed by atoms with Crippen LogP contribution in [0.5, 0.6) is 17.2 Å². The minimum atomic E-state index is 0.784. The Morgan fingerprint density at radius 1 is 0.500 bits per heavy atom. The lowest BCUT2D eigenvalue weighted by atomic mass is 9.94. The molecule has 0 heterocycles. The Morgan fingerprint density at radius 2 is 1.06 bits per heavy atom. The number of ether oxygens (including phenoxy) is 3. The Kier molecular flexibility index (Phi) is 6.96. The standard InChI is InChI=1S/C29H30O3/c1-30-27-16-11-21(12-17-27)8-14-25-19-28(31-2)29(32-3)20-26(25)15-10-22-9-13-23-6-4-5-7-24(23)18-22/h4-7,9,11-13,16-20H,8,10,14-15H2,1-3H3. The highest BCUT2D eigenvalue weighted by Crippen LogP contribution is 2.32. The molecule has 4 aromatic carbocycles. The van der Waals surface area contributed by atoms with Gasteiger partial charge >= 0.3 is 0 Å². The number of hydrogen-bond donors (Lipinski definition) is 0. The molecule has 0 amide bonds. The van der Waals surface area contributed by atoms with Gasteiger partial charge in [0.2, 0.25) is 0 Å². The van der Waals surface area contributed by atoms with Crippen LogP contribution in [0.3, 0.4) is 0 Å². The van der Waals surface area contributed by atoms with E-state index in [-0.39, 0.29) is 0 Å². The van der Waals surface area contributed by atoms with Crippen molar-refractivity contribution >= 4 is 10.8 Å². The molecule has 3 heteroatoms. The van der Waals surface area contributed by atoms with Crippen LogP contribution in [0.4, 0.5) is 0 Å². The minimum Gasteiger partial charge on any atom is -0.497 e. The van der Waals surface area contributed by atoms with Gasteiger partial charge in [0.05, 0.1) is 21.3 Å². The second kappa shape index (κ2) is 10.2. The summed E-state index contributed by atoms with van der Waals surface area (Å²) in [6.45, 7) is 0. The van der Waals surface area contributed by atoms with Crippen LogP contribution in [-0.4, -0.2) is 21.3 Å². The molecule has 0 unspecified atom stereocenters. The van der Waals surface area contributed by atoms with Crippen molar-refractivity contribution < 1.29 is 14.2 Å². The third kappa shape index (κ3) is 5.05. The van der Waals surface area contributed by atoms with E-state index in [1.807, 2.05) is 12.1 Å². The summed E-state index contributed by atoms with van der Waals surface area (Å²) in [6.07, 6.45) is 3.84.